The summed E-state index contributed by atoms with van der Waals surface area (Å²) in [7, 11) is 2.10. The molecule has 4 heteroatoms. The monoisotopic (exact) mass is 337 g/mol. The summed E-state index contributed by atoms with van der Waals surface area (Å²) in [4.78, 5) is 26.7. The molecule has 0 bridgehead atoms. The number of rotatable bonds is 5. The molecule has 1 saturated heterocycles. The molecule has 2 rings (SSSR count). The molecule has 1 aliphatic heterocycles. The normalized spacial score (nSPS) is 32.5. The Balaban J connectivity index is 1.83. The van der Waals surface area contributed by atoms with Gasteiger partial charge in [0, 0.05) is 23.4 Å². The minimum absolute atomic E-state index is 0.0196. The molecule has 0 aromatic carbocycles. The van der Waals surface area contributed by atoms with Gasteiger partial charge in [-0.25, -0.2) is 0 Å². The third-order valence-corrected chi connectivity index (χ3v) is 6.73. The fraction of sp³-hybridized carbons (Fsp3) is 0.900. The summed E-state index contributed by atoms with van der Waals surface area (Å²) < 4.78 is 5.71. The van der Waals surface area contributed by atoms with E-state index in [1.165, 1.54) is 0 Å². The molecule has 1 heterocycles. The molecule has 1 atom stereocenters. The smallest absolute Gasteiger partial charge is 0.310 e. The first-order chi connectivity index (χ1) is 11.1. The topological polar surface area (TPSA) is 46.6 Å². The van der Waals surface area contributed by atoms with E-state index in [9.17, 15) is 9.59 Å². The van der Waals surface area contributed by atoms with Crippen LogP contribution in [0.5, 0.6) is 0 Å². The average Bonchev–Trinajstić information content (AvgIpc) is 2.72. The van der Waals surface area contributed by atoms with Crippen molar-refractivity contribution < 1.29 is 14.3 Å². The summed E-state index contributed by atoms with van der Waals surface area (Å²) in [6, 6.07) is 0. The standard InChI is InChI=1S/C20H35NO3/c1-7-17(22)15-10-8-14(9-11-15)13-24-18(23)16-12-19(2,3)21(6)20(16,4)5/h14-16H,7-13H2,1-6H3. The second-order valence-electron chi connectivity index (χ2n) is 8.95. The van der Waals surface area contributed by atoms with E-state index in [-0.39, 0.29) is 28.9 Å². The number of nitrogens with zero attached hydrogens (tertiary/aromatic N) is 1. The lowest BCUT2D eigenvalue weighted by molar-refractivity contribution is -0.153. The van der Waals surface area contributed by atoms with Crippen LogP contribution in [0.25, 0.3) is 0 Å². The van der Waals surface area contributed by atoms with Gasteiger partial charge in [0.05, 0.1) is 12.5 Å². The van der Waals surface area contributed by atoms with Gasteiger partial charge in [0.25, 0.3) is 0 Å². The Hall–Kier alpha value is -0.900. The lowest BCUT2D eigenvalue weighted by Crippen LogP contribution is -2.48. The quantitative estimate of drug-likeness (QED) is 0.716. The van der Waals surface area contributed by atoms with E-state index < -0.39 is 0 Å². The Morgan fingerprint density at radius 2 is 1.67 bits per heavy atom. The molecule has 0 spiro atoms. The Morgan fingerprint density at radius 1 is 1.08 bits per heavy atom. The zero-order valence-corrected chi connectivity index (χ0v) is 16.4. The van der Waals surface area contributed by atoms with E-state index in [2.05, 4.69) is 39.6 Å². The number of carbonyl (C=O) groups excluding carboxylic acids is 2. The molecule has 0 aromatic rings. The van der Waals surface area contributed by atoms with Crippen molar-refractivity contribution in [2.45, 2.75) is 84.2 Å². The van der Waals surface area contributed by atoms with E-state index in [1.807, 2.05) is 6.92 Å². The van der Waals surface area contributed by atoms with Crippen LogP contribution in [0, 0.1) is 17.8 Å². The summed E-state index contributed by atoms with van der Waals surface area (Å²) in [5.74, 6) is 0.929. The summed E-state index contributed by atoms with van der Waals surface area (Å²) in [5, 5.41) is 0. The van der Waals surface area contributed by atoms with Gasteiger partial charge in [-0.1, -0.05) is 6.92 Å². The van der Waals surface area contributed by atoms with Gasteiger partial charge in [-0.2, -0.15) is 0 Å². The number of esters is 1. The first-order valence-electron chi connectivity index (χ1n) is 9.53. The third-order valence-electron chi connectivity index (χ3n) is 6.73. The van der Waals surface area contributed by atoms with Gasteiger partial charge in [-0.05, 0) is 72.8 Å². The maximum Gasteiger partial charge on any atom is 0.310 e. The Bertz CT molecular complexity index is 475. The van der Waals surface area contributed by atoms with Crippen LogP contribution in [-0.2, 0) is 14.3 Å². The minimum Gasteiger partial charge on any atom is -0.465 e. The Kier molecular flexibility index (Phi) is 5.79. The fourth-order valence-corrected chi connectivity index (χ4v) is 4.51. The highest BCUT2D eigenvalue weighted by Gasteiger charge is 2.53. The zero-order valence-electron chi connectivity index (χ0n) is 16.4. The molecule has 1 aliphatic carbocycles. The molecule has 24 heavy (non-hydrogen) atoms. The van der Waals surface area contributed by atoms with Gasteiger partial charge in [-0.15, -0.1) is 0 Å². The highest BCUT2D eigenvalue weighted by atomic mass is 16.5. The molecule has 1 saturated carbocycles. The van der Waals surface area contributed by atoms with Gasteiger partial charge in [0.15, 0.2) is 0 Å². The third kappa shape index (κ3) is 3.84. The fourth-order valence-electron chi connectivity index (χ4n) is 4.51. The van der Waals surface area contributed by atoms with Crippen LogP contribution in [0.1, 0.15) is 73.1 Å². The van der Waals surface area contributed by atoms with E-state index in [1.54, 1.807) is 0 Å². The van der Waals surface area contributed by atoms with E-state index in [4.69, 9.17) is 4.74 Å². The van der Waals surface area contributed by atoms with Crippen LogP contribution in [-0.4, -0.2) is 41.4 Å². The van der Waals surface area contributed by atoms with Gasteiger partial charge in [0.2, 0.25) is 0 Å². The summed E-state index contributed by atoms with van der Waals surface area (Å²) in [6.45, 7) is 11.1. The minimum atomic E-state index is -0.175. The highest BCUT2D eigenvalue weighted by molar-refractivity contribution is 5.80. The summed E-state index contributed by atoms with van der Waals surface area (Å²) >= 11 is 0. The van der Waals surface area contributed by atoms with Crippen molar-refractivity contribution in [3.8, 4) is 0 Å². The number of hydrogen-bond acceptors (Lipinski definition) is 4. The van der Waals surface area contributed by atoms with Crippen LogP contribution >= 0.6 is 0 Å². The molecule has 0 aromatic heterocycles. The predicted octanol–water partition coefficient (Wildman–Crippen LogP) is 3.82. The maximum atomic E-state index is 12.7. The van der Waals surface area contributed by atoms with Crippen molar-refractivity contribution in [3.63, 3.8) is 0 Å². The predicted molar refractivity (Wildman–Crippen MR) is 95.7 cm³/mol. The van der Waals surface area contributed by atoms with Crippen LogP contribution in [0.15, 0.2) is 0 Å². The average molecular weight is 338 g/mol. The molecular weight excluding hydrogens is 302 g/mol. The molecule has 0 radical (unpaired) electrons. The molecule has 0 amide bonds. The maximum absolute atomic E-state index is 12.7. The number of carbonyl (C=O) groups is 2. The SMILES string of the molecule is CCC(=O)C1CCC(COC(=O)C2CC(C)(C)N(C)C2(C)C)CC1. The second-order valence-corrected chi connectivity index (χ2v) is 8.95. The van der Waals surface area contributed by atoms with Crippen molar-refractivity contribution in [1.82, 2.24) is 4.90 Å². The lowest BCUT2D eigenvalue weighted by Gasteiger charge is -2.38. The first kappa shape index (κ1) is 19.4. The largest absolute Gasteiger partial charge is 0.465 e. The van der Waals surface area contributed by atoms with Gasteiger partial charge < -0.3 is 4.74 Å². The molecule has 2 fully saturated rings. The van der Waals surface area contributed by atoms with E-state index in [0.29, 0.717) is 24.7 Å². The number of Topliss-reactive ketones (excluding diaryl/α,β-unsaturated/α-hetero) is 1. The van der Waals surface area contributed by atoms with Crippen molar-refractivity contribution in [1.29, 1.82) is 0 Å². The van der Waals surface area contributed by atoms with Gasteiger partial charge in [0.1, 0.15) is 5.78 Å². The molecule has 4 nitrogen and oxygen atoms in total. The summed E-state index contributed by atoms with van der Waals surface area (Å²) in [5.41, 5.74) is -0.155. The van der Waals surface area contributed by atoms with Gasteiger partial charge >= 0.3 is 5.97 Å². The molecular formula is C20H35NO3. The number of ether oxygens (including phenoxy) is 1. The first-order valence-corrected chi connectivity index (χ1v) is 9.53. The number of likely N-dealkylation sites (tertiary alicyclic amines) is 1. The van der Waals surface area contributed by atoms with Crippen LogP contribution in [0.3, 0.4) is 0 Å². The molecule has 0 N–H and O–H groups in total. The van der Waals surface area contributed by atoms with Crippen LogP contribution in [0.2, 0.25) is 0 Å². The molecule has 138 valence electrons. The van der Waals surface area contributed by atoms with Crippen molar-refractivity contribution >= 4 is 11.8 Å². The number of hydrogen-bond donors (Lipinski definition) is 0. The Labute approximate surface area is 147 Å². The van der Waals surface area contributed by atoms with Crippen molar-refractivity contribution in [2.75, 3.05) is 13.7 Å². The highest BCUT2D eigenvalue weighted by Crippen LogP contribution is 2.44. The lowest BCUT2D eigenvalue weighted by atomic mass is 9.80. The molecule has 1 unspecified atom stereocenters. The van der Waals surface area contributed by atoms with Gasteiger partial charge in [-0.3, -0.25) is 14.5 Å². The zero-order chi connectivity index (χ0) is 18.1. The van der Waals surface area contributed by atoms with Crippen molar-refractivity contribution in [2.24, 2.45) is 17.8 Å². The van der Waals surface area contributed by atoms with Crippen LogP contribution in [0.4, 0.5) is 0 Å². The van der Waals surface area contributed by atoms with Crippen molar-refractivity contribution in [3.05, 3.63) is 0 Å². The number of ketones is 1. The second kappa shape index (κ2) is 7.15. The summed E-state index contributed by atoms with van der Waals surface area (Å²) in [6.07, 6.45) is 5.41. The van der Waals surface area contributed by atoms with Crippen LogP contribution < -0.4 is 0 Å². The van der Waals surface area contributed by atoms with E-state index in [0.717, 1.165) is 32.1 Å². The Morgan fingerprint density at radius 3 is 2.12 bits per heavy atom. The van der Waals surface area contributed by atoms with E-state index >= 15 is 0 Å². The molecule has 2 aliphatic rings.